The lowest BCUT2D eigenvalue weighted by Crippen LogP contribution is -2.43. The van der Waals surface area contributed by atoms with Gasteiger partial charge in [-0.1, -0.05) is 0 Å². The smallest absolute Gasteiger partial charge is 0.413 e. The summed E-state index contributed by atoms with van der Waals surface area (Å²) in [6.07, 6.45) is 8.27. The lowest BCUT2D eigenvalue weighted by Gasteiger charge is -2.29. The summed E-state index contributed by atoms with van der Waals surface area (Å²) < 4.78 is 38.3. The first-order chi connectivity index (χ1) is 20.4. The highest BCUT2D eigenvalue weighted by Gasteiger charge is 2.22. The summed E-state index contributed by atoms with van der Waals surface area (Å²) in [5.74, 6) is 0.660. The van der Waals surface area contributed by atoms with Gasteiger partial charge in [0.2, 0.25) is 21.9 Å². The van der Waals surface area contributed by atoms with Gasteiger partial charge in [0.1, 0.15) is 11.4 Å². The number of hydrogen-bond donors (Lipinski definition) is 2. The number of pyridine rings is 1. The Hall–Kier alpha value is -4.48. The Morgan fingerprint density at radius 1 is 1.05 bits per heavy atom. The van der Waals surface area contributed by atoms with Crippen molar-refractivity contribution in [2.24, 2.45) is 0 Å². The Kier molecular flexibility index (Phi) is 8.65. The molecule has 1 saturated heterocycles. The highest BCUT2D eigenvalue weighted by Crippen LogP contribution is 2.21. The molecule has 1 fully saturated rings. The predicted molar refractivity (Wildman–Crippen MR) is 159 cm³/mol. The maximum Gasteiger partial charge on any atom is 0.413 e. The van der Waals surface area contributed by atoms with Gasteiger partial charge in [-0.3, -0.25) is 10.2 Å². The number of nitrogens with one attached hydrogen (secondary N) is 2. The molecule has 228 valence electrons. The van der Waals surface area contributed by atoms with Crippen LogP contribution >= 0.6 is 0 Å². The van der Waals surface area contributed by atoms with Crippen LogP contribution < -0.4 is 14.9 Å². The third kappa shape index (κ3) is 7.88. The van der Waals surface area contributed by atoms with Crippen molar-refractivity contribution in [3.63, 3.8) is 0 Å². The molecule has 5 heterocycles. The molecule has 0 radical (unpaired) electrons. The lowest BCUT2D eigenvalue weighted by molar-refractivity contribution is 0.0395. The molecule has 0 spiro atoms. The maximum atomic E-state index is 12.5. The van der Waals surface area contributed by atoms with Gasteiger partial charge < -0.3 is 14.8 Å². The van der Waals surface area contributed by atoms with E-state index in [0.717, 1.165) is 19.3 Å². The van der Waals surface area contributed by atoms with E-state index < -0.39 is 21.7 Å². The number of hydrogen-bond acceptors (Lipinski definition) is 13. The van der Waals surface area contributed by atoms with Crippen LogP contribution in [-0.4, -0.2) is 105 Å². The van der Waals surface area contributed by atoms with E-state index in [-0.39, 0.29) is 18.4 Å². The van der Waals surface area contributed by atoms with Gasteiger partial charge in [0.15, 0.2) is 5.65 Å². The molecule has 16 nitrogen and oxygen atoms in total. The van der Waals surface area contributed by atoms with Crippen molar-refractivity contribution < 1.29 is 22.7 Å². The number of ether oxygens (including phenoxy) is 2. The van der Waals surface area contributed by atoms with Crippen LogP contribution in [0.4, 0.5) is 28.2 Å². The normalized spacial score (nSPS) is 14.4. The van der Waals surface area contributed by atoms with Gasteiger partial charge in [-0.05, 0) is 32.9 Å². The minimum Gasteiger partial charge on any atom is -0.444 e. The lowest BCUT2D eigenvalue weighted by atomic mass is 10.2. The summed E-state index contributed by atoms with van der Waals surface area (Å²) in [7, 11) is -3.59. The fourth-order valence-corrected chi connectivity index (χ4v) is 4.98. The van der Waals surface area contributed by atoms with Crippen LogP contribution in [0, 0.1) is 0 Å². The number of rotatable bonds is 9. The summed E-state index contributed by atoms with van der Waals surface area (Å²) in [6, 6.07) is 3.37. The molecule has 5 rings (SSSR count). The Balaban J connectivity index is 1.28. The van der Waals surface area contributed by atoms with E-state index in [1.54, 1.807) is 56.2 Å². The van der Waals surface area contributed by atoms with E-state index in [0.29, 0.717) is 48.0 Å². The van der Waals surface area contributed by atoms with Crippen molar-refractivity contribution in [1.82, 2.24) is 39.6 Å². The van der Waals surface area contributed by atoms with Crippen molar-refractivity contribution in [1.29, 1.82) is 0 Å². The standard InChI is InChI=1S/C26H33N11O5S/c1-26(2,3)42-25(38)33-21-6-5-20(17-27-21)37-22-18(14-31-37)13-28-23(34-22)32-19-15-29-24(30-16-19)36(43(4,39)40)8-7-35-9-11-41-12-10-35/h5-6,13-17H,7-12H2,1-4H3,(H,27,33,38)(H,28,32,34). The summed E-state index contributed by atoms with van der Waals surface area (Å²) in [5.41, 5.74) is 0.961. The Bertz CT molecular complexity index is 1670. The van der Waals surface area contributed by atoms with Crippen molar-refractivity contribution in [3.8, 4) is 5.69 Å². The van der Waals surface area contributed by atoms with Crippen molar-refractivity contribution in [3.05, 3.63) is 43.1 Å². The number of aromatic nitrogens is 7. The minimum atomic E-state index is -3.59. The molecule has 0 aromatic carbocycles. The molecule has 1 amide bonds. The molecule has 43 heavy (non-hydrogen) atoms. The Morgan fingerprint density at radius 2 is 1.79 bits per heavy atom. The summed E-state index contributed by atoms with van der Waals surface area (Å²) >= 11 is 0. The first kappa shape index (κ1) is 30.0. The molecular weight excluding hydrogens is 578 g/mol. The van der Waals surface area contributed by atoms with E-state index >= 15 is 0 Å². The third-order valence-electron chi connectivity index (χ3n) is 6.17. The van der Waals surface area contributed by atoms with Gasteiger partial charge in [-0.2, -0.15) is 10.1 Å². The van der Waals surface area contributed by atoms with Crippen LogP contribution in [0.3, 0.4) is 0 Å². The number of sulfonamides is 1. The second kappa shape index (κ2) is 12.4. The first-order valence-corrected chi connectivity index (χ1v) is 15.3. The van der Waals surface area contributed by atoms with E-state index in [1.807, 2.05) is 0 Å². The average Bonchev–Trinajstić information content (AvgIpc) is 3.37. The number of carbonyl (C=O) groups excluding carboxylic acids is 1. The number of nitrogens with zero attached hydrogens (tertiary/aromatic N) is 9. The molecule has 1 aliphatic heterocycles. The highest BCUT2D eigenvalue weighted by atomic mass is 32.2. The number of morpholine rings is 1. The van der Waals surface area contributed by atoms with Gasteiger partial charge in [0.05, 0.1) is 61.0 Å². The summed E-state index contributed by atoms with van der Waals surface area (Å²) in [5, 5.41) is 10.7. The molecular formula is C26H33N11O5S. The third-order valence-corrected chi connectivity index (χ3v) is 7.32. The first-order valence-electron chi connectivity index (χ1n) is 13.5. The molecule has 4 aromatic heterocycles. The molecule has 2 N–H and O–H groups in total. The fourth-order valence-electron chi connectivity index (χ4n) is 4.17. The average molecular weight is 612 g/mol. The summed E-state index contributed by atoms with van der Waals surface area (Å²) in [6.45, 7) is 8.85. The van der Waals surface area contributed by atoms with E-state index in [1.165, 1.54) is 16.7 Å². The topological polar surface area (TPSA) is 182 Å². The van der Waals surface area contributed by atoms with E-state index in [2.05, 4.69) is 45.6 Å². The highest BCUT2D eigenvalue weighted by molar-refractivity contribution is 7.92. The fraction of sp³-hybridized carbons (Fsp3) is 0.423. The van der Waals surface area contributed by atoms with Gasteiger partial charge >= 0.3 is 6.09 Å². The maximum absolute atomic E-state index is 12.5. The zero-order chi connectivity index (χ0) is 30.6. The molecule has 17 heteroatoms. The summed E-state index contributed by atoms with van der Waals surface area (Å²) in [4.78, 5) is 35.9. The van der Waals surface area contributed by atoms with Crippen LogP contribution in [0.5, 0.6) is 0 Å². The number of anilines is 4. The second-order valence-electron chi connectivity index (χ2n) is 10.7. The van der Waals surface area contributed by atoms with Crippen LogP contribution in [0.1, 0.15) is 20.8 Å². The molecule has 0 bridgehead atoms. The SMILES string of the molecule is CC(C)(C)OC(=O)Nc1ccc(-n2ncc3cnc(Nc4cnc(N(CCN5CCOCC5)S(C)(=O)=O)nc4)nc32)cn1. The van der Waals surface area contributed by atoms with Crippen LogP contribution in [0.15, 0.2) is 43.1 Å². The van der Waals surface area contributed by atoms with Crippen LogP contribution in [0.25, 0.3) is 16.7 Å². The van der Waals surface area contributed by atoms with E-state index in [9.17, 15) is 13.2 Å². The zero-order valence-electron chi connectivity index (χ0n) is 24.3. The largest absolute Gasteiger partial charge is 0.444 e. The molecule has 0 aliphatic carbocycles. The number of amides is 1. The van der Waals surface area contributed by atoms with Crippen LogP contribution in [0.2, 0.25) is 0 Å². The molecule has 0 atom stereocenters. The Morgan fingerprint density at radius 3 is 2.44 bits per heavy atom. The Labute approximate surface area is 248 Å². The predicted octanol–water partition coefficient (Wildman–Crippen LogP) is 2.19. The van der Waals surface area contributed by atoms with E-state index in [4.69, 9.17) is 9.47 Å². The quantitative estimate of drug-likeness (QED) is 0.281. The van der Waals surface area contributed by atoms with Gasteiger partial charge in [-0.15, -0.1) is 0 Å². The minimum absolute atomic E-state index is 0.0767. The van der Waals surface area contributed by atoms with Gasteiger partial charge in [0, 0.05) is 32.4 Å². The van der Waals surface area contributed by atoms with Gasteiger partial charge in [0.25, 0.3) is 0 Å². The van der Waals surface area contributed by atoms with Gasteiger partial charge in [-0.25, -0.2) is 42.1 Å². The molecule has 1 aliphatic rings. The number of carbonyl (C=O) groups is 1. The second-order valence-corrected chi connectivity index (χ2v) is 12.7. The molecule has 0 saturated carbocycles. The van der Waals surface area contributed by atoms with Crippen molar-refractivity contribution in [2.45, 2.75) is 26.4 Å². The molecule has 4 aromatic rings. The molecule has 0 unspecified atom stereocenters. The van der Waals surface area contributed by atoms with Crippen LogP contribution in [-0.2, 0) is 19.5 Å². The van der Waals surface area contributed by atoms with Crippen molar-refractivity contribution in [2.75, 3.05) is 60.6 Å². The monoisotopic (exact) mass is 611 g/mol. The van der Waals surface area contributed by atoms with Crippen molar-refractivity contribution >= 4 is 50.6 Å². The number of fused-ring (bicyclic) bond motifs is 1. The zero-order valence-corrected chi connectivity index (χ0v) is 25.1.